The highest BCUT2D eigenvalue weighted by Gasteiger charge is 2.16. The first-order chi connectivity index (χ1) is 10.2. The fourth-order valence-corrected chi connectivity index (χ4v) is 2.13. The molecule has 0 aromatic carbocycles. The summed E-state index contributed by atoms with van der Waals surface area (Å²) in [4.78, 5) is 18.9. The number of aryl methyl sites for hydroxylation is 1. The molecular formula is C16H27N3O2. The standard InChI is InChI=1S/C16H27N3O2/c1-5-8-14-11-13(12-15(17-4)18-14)16(20)19(6-2)9-10-21-7-3/h11-12H,5-10H2,1-4H3,(H,17,18). The molecule has 21 heavy (non-hydrogen) atoms. The average molecular weight is 293 g/mol. The van der Waals surface area contributed by atoms with E-state index >= 15 is 0 Å². The second-order valence-electron chi connectivity index (χ2n) is 4.81. The molecule has 5 heteroatoms. The van der Waals surface area contributed by atoms with Crippen LogP contribution in [0.15, 0.2) is 12.1 Å². The number of carbonyl (C=O) groups is 1. The van der Waals surface area contributed by atoms with Gasteiger partial charge in [-0.3, -0.25) is 4.79 Å². The van der Waals surface area contributed by atoms with Gasteiger partial charge >= 0.3 is 0 Å². The lowest BCUT2D eigenvalue weighted by Gasteiger charge is -2.21. The lowest BCUT2D eigenvalue weighted by Crippen LogP contribution is -2.34. The van der Waals surface area contributed by atoms with Crippen LogP contribution >= 0.6 is 0 Å². The quantitative estimate of drug-likeness (QED) is 0.711. The maximum Gasteiger partial charge on any atom is 0.254 e. The van der Waals surface area contributed by atoms with Crippen LogP contribution in [-0.4, -0.2) is 49.1 Å². The van der Waals surface area contributed by atoms with Crippen molar-refractivity contribution >= 4 is 11.7 Å². The SMILES string of the molecule is CCCc1cc(C(=O)N(CC)CCOCC)cc(NC)n1. The van der Waals surface area contributed by atoms with E-state index in [1.807, 2.05) is 33.0 Å². The van der Waals surface area contributed by atoms with E-state index in [9.17, 15) is 4.79 Å². The van der Waals surface area contributed by atoms with Gasteiger partial charge in [0.25, 0.3) is 5.91 Å². The van der Waals surface area contributed by atoms with E-state index in [2.05, 4.69) is 17.2 Å². The fourth-order valence-electron chi connectivity index (χ4n) is 2.13. The van der Waals surface area contributed by atoms with Crippen molar-refractivity contribution in [1.29, 1.82) is 0 Å². The number of likely N-dealkylation sites (N-methyl/N-ethyl adjacent to an activating group) is 1. The first-order valence-electron chi connectivity index (χ1n) is 7.71. The van der Waals surface area contributed by atoms with E-state index in [1.54, 1.807) is 4.90 Å². The zero-order chi connectivity index (χ0) is 15.7. The van der Waals surface area contributed by atoms with Crippen molar-refractivity contribution in [3.05, 3.63) is 23.4 Å². The highest BCUT2D eigenvalue weighted by molar-refractivity contribution is 5.95. The summed E-state index contributed by atoms with van der Waals surface area (Å²) in [6.45, 7) is 8.58. The van der Waals surface area contributed by atoms with Gasteiger partial charge in [0, 0.05) is 38.0 Å². The monoisotopic (exact) mass is 293 g/mol. The molecule has 1 aromatic rings. The van der Waals surface area contributed by atoms with Crippen molar-refractivity contribution < 1.29 is 9.53 Å². The van der Waals surface area contributed by atoms with Crippen LogP contribution < -0.4 is 5.32 Å². The van der Waals surface area contributed by atoms with Gasteiger partial charge in [0.2, 0.25) is 0 Å². The molecule has 1 rings (SSSR count). The van der Waals surface area contributed by atoms with Crippen molar-refractivity contribution in [2.75, 3.05) is 38.7 Å². The van der Waals surface area contributed by atoms with E-state index in [4.69, 9.17) is 4.74 Å². The summed E-state index contributed by atoms with van der Waals surface area (Å²) in [5, 5.41) is 3.02. The summed E-state index contributed by atoms with van der Waals surface area (Å²) < 4.78 is 5.34. The van der Waals surface area contributed by atoms with Gasteiger partial charge in [-0.05, 0) is 32.4 Å². The van der Waals surface area contributed by atoms with Gasteiger partial charge < -0.3 is 15.0 Å². The number of hydrogen-bond acceptors (Lipinski definition) is 4. The number of aromatic nitrogens is 1. The van der Waals surface area contributed by atoms with Gasteiger partial charge in [0.15, 0.2) is 0 Å². The first kappa shape index (κ1) is 17.4. The van der Waals surface area contributed by atoms with Crippen LogP contribution in [0.25, 0.3) is 0 Å². The minimum atomic E-state index is 0.0356. The summed E-state index contributed by atoms with van der Waals surface area (Å²) in [6, 6.07) is 3.71. The number of nitrogens with zero attached hydrogens (tertiary/aromatic N) is 2. The molecule has 0 atom stereocenters. The molecule has 1 N–H and O–H groups in total. The smallest absolute Gasteiger partial charge is 0.254 e. The zero-order valence-corrected chi connectivity index (χ0v) is 13.6. The molecule has 0 aliphatic carbocycles. The summed E-state index contributed by atoms with van der Waals surface area (Å²) >= 11 is 0. The van der Waals surface area contributed by atoms with Crippen LogP contribution in [0.2, 0.25) is 0 Å². The Morgan fingerprint density at radius 1 is 1.33 bits per heavy atom. The highest BCUT2D eigenvalue weighted by Crippen LogP contribution is 2.14. The third-order valence-electron chi connectivity index (χ3n) is 3.27. The Balaban J connectivity index is 2.89. The van der Waals surface area contributed by atoms with E-state index in [-0.39, 0.29) is 5.91 Å². The number of nitrogens with one attached hydrogen (secondary N) is 1. The summed E-state index contributed by atoms with van der Waals surface area (Å²) in [5.41, 5.74) is 1.64. The predicted molar refractivity (Wildman–Crippen MR) is 85.8 cm³/mol. The Hall–Kier alpha value is -1.62. The number of pyridine rings is 1. The lowest BCUT2D eigenvalue weighted by atomic mass is 10.1. The van der Waals surface area contributed by atoms with Crippen LogP contribution in [0.4, 0.5) is 5.82 Å². The molecule has 0 aliphatic heterocycles. The third-order valence-corrected chi connectivity index (χ3v) is 3.27. The molecule has 5 nitrogen and oxygen atoms in total. The summed E-state index contributed by atoms with van der Waals surface area (Å²) in [5.74, 6) is 0.776. The molecule has 0 spiro atoms. The van der Waals surface area contributed by atoms with Crippen molar-refractivity contribution in [3.63, 3.8) is 0 Å². The van der Waals surface area contributed by atoms with Gasteiger partial charge in [-0.2, -0.15) is 0 Å². The molecule has 0 aliphatic rings. The largest absolute Gasteiger partial charge is 0.380 e. The van der Waals surface area contributed by atoms with E-state index in [0.29, 0.717) is 31.9 Å². The number of hydrogen-bond donors (Lipinski definition) is 1. The molecule has 0 bridgehead atoms. The minimum Gasteiger partial charge on any atom is -0.380 e. The van der Waals surface area contributed by atoms with Gasteiger partial charge in [-0.15, -0.1) is 0 Å². The van der Waals surface area contributed by atoms with Gasteiger partial charge in [0.1, 0.15) is 5.82 Å². The van der Waals surface area contributed by atoms with Crippen molar-refractivity contribution in [3.8, 4) is 0 Å². The van der Waals surface area contributed by atoms with Crippen molar-refractivity contribution in [2.45, 2.75) is 33.6 Å². The Kier molecular flexibility index (Phi) is 7.75. The summed E-state index contributed by atoms with van der Waals surface area (Å²) in [6.07, 6.45) is 1.89. The highest BCUT2D eigenvalue weighted by atomic mass is 16.5. The van der Waals surface area contributed by atoms with Crippen LogP contribution in [-0.2, 0) is 11.2 Å². The third kappa shape index (κ3) is 5.34. The molecule has 0 saturated heterocycles. The summed E-state index contributed by atoms with van der Waals surface area (Å²) in [7, 11) is 1.82. The topological polar surface area (TPSA) is 54.5 Å². The average Bonchev–Trinajstić information content (AvgIpc) is 2.51. The second kappa shape index (κ2) is 9.34. The minimum absolute atomic E-state index is 0.0356. The number of anilines is 1. The Bertz CT molecular complexity index is 449. The normalized spacial score (nSPS) is 10.5. The molecule has 0 radical (unpaired) electrons. The second-order valence-corrected chi connectivity index (χ2v) is 4.81. The lowest BCUT2D eigenvalue weighted by molar-refractivity contribution is 0.0669. The molecular weight excluding hydrogens is 266 g/mol. The molecule has 1 heterocycles. The number of carbonyl (C=O) groups excluding carboxylic acids is 1. The molecule has 0 fully saturated rings. The molecule has 0 unspecified atom stereocenters. The van der Waals surface area contributed by atoms with Gasteiger partial charge in [-0.1, -0.05) is 13.3 Å². The van der Waals surface area contributed by atoms with E-state index < -0.39 is 0 Å². The van der Waals surface area contributed by atoms with E-state index in [0.717, 1.165) is 24.4 Å². The van der Waals surface area contributed by atoms with Crippen molar-refractivity contribution in [1.82, 2.24) is 9.88 Å². The fraction of sp³-hybridized carbons (Fsp3) is 0.625. The van der Waals surface area contributed by atoms with Crippen LogP contribution in [0, 0.1) is 0 Å². The number of ether oxygens (including phenoxy) is 1. The van der Waals surface area contributed by atoms with Crippen LogP contribution in [0.5, 0.6) is 0 Å². The Morgan fingerprint density at radius 2 is 2.10 bits per heavy atom. The maximum atomic E-state index is 12.6. The molecule has 1 amide bonds. The first-order valence-corrected chi connectivity index (χ1v) is 7.71. The van der Waals surface area contributed by atoms with Crippen LogP contribution in [0.1, 0.15) is 43.2 Å². The van der Waals surface area contributed by atoms with E-state index in [1.165, 1.54) is 0 Å². The van der Waals surface area contributed by atoms with Gasteiger partial charge in [-0.25, -0.2) is 4.98 Å². The Morgan fingerprint density at radius 3 is 2.67 bits per heavy atom. The zero-order valence-electron chi connectivity index (χ0n) is 13.6. The predicted octanol–water partition coefficient (Wildman–Crippen LogP) is 2.57. The van der Waals surface area contributed by atoms with Crippen LogP contribution in [0.3, 0.4) is 0 Å². The molecule has 118 valence electrons. The Labute approximate surface area is 127 Å². The number of amides is 1. The number of rotatable bonds is 9. The molecule has 1 aromatic heterocycles. The maximum absolute atomic E-state index is 12.6. The van der Waals surface area contributed by atoms with Gasteiger partial charge in [0.05, 0.1) is 6.61 Å². The molecule has 0 saturated carbocycles. The van der Waals surface area contributed by atoms with Crippen molar-refractivity contribution in [2.24, 2.45) is 0 Å².